The number of hydrogen-bond acceptors (Lipinski definition) is 4. The van der Waals surface area contributed by atoms with Crippen molar-refractivity contribution < 1.29 is 13.9 Å². The van der Waals surface area contributed by atoms with Crippen LogP contribution in [0, 0.1) is 27.7 Å². The lowest BCUT2D eigenvalue weighted by molar-refractivity contribution is 0.0992. The van der Waals surface area contributed by atoms with Crippen molar-refractivity contribution in [1.29, 1.82) is 0 Å². The van der Waals surface area contributed by atoms with Crippen molar-refractivity contribution in [3.63, 3.8) is 0 Å². The Balaban J connectivity index is 1.38. The van der Waals surface area contributed by atoms with Gasteiger partial charge in [-0.15, -0.1) is 0 Å². The highest BCUT2D eigenvalue weighted by Gasteiger charge is 2.13. The third-order valence-corrected chi connectivity index (χ3v) is 6.70. The Labute approximate surface area is 201 Å². The fraction of sp³-hybridized carbons (Fsp3) is 0.231. The Morgan fingerprint density at radius 2 is 1.88 bits per heavy atom. The first-order valence-corrected chi connectivity index (χ1v) is 11.5. The maximum Gasteiger partial charge on any atom is 0.291 e. The number of carbonyl (C=O) groups excluding carboxylic acids is 1. The molecule has 0 saturated carbocycles. The molecule has 6 nitrogen and oxygen atoms in total. The number of rotatable bonds is 7. The number of anilines is 1. The van der Waals surface area contributed by atoms with Gasteiger partial charge in [0.25, 0.3) is 5.91 Å². The Kier molecular flexibility index (Phi) is 6.70. The molecule has 2 heterocycles. The Hall–Kier alpha value is -3.32. The summed E-state index contributed by atoms with van der Waals surface area (Å²) in [5.74, 6) is 1.29. The average Bonchev–Trinajstić information content (AvgIpc) is 3.36. The lowest BCUT2D eigenvalue weighted by atomic mass is 10.1. The molecule has 7 heteroatoms. The van der Waals surface area contributed by atoms with Gasteiger partial charge in [-0.05, 0) is 96.7 Å². The molecule has 33 heavy (non-hydrogen) atoms. The molecule has 4 rings (SSSR count). The van der Waals surface area contributed by atoms with Crippen LogP contribution < -0.4 is 10.1 Å². The fourth-order valence-electron chi connectivity index (χ4n) is 3.48. The summed E-state index contributed by atoms with van der Waals surface area (Å²) in [4.78, 5) is 12.7. The molecule has 0 unspecified atom stereocenters. The molecular formula is C26H26BrN3O3. The van der Waals surface area contributed by atoms with E-state index in [4.69, 9.17) is 9.15 Å². The molecule has 0 aliphatic rings. The summed E-state index contributed by atoms with van der Waals surface area (Å²) >= 11 is 3.56. The molecule has 2 aromatic carbocycles. The first-order chi connectivity index (χ1) is 15.8. The van der Waals surface area contributed by atoms with Crippen LogP contribution in [0.25, 0.3) is 0 Å². The van der Waals surface area contributed by atoms with E-state index in [1.54, 1.807) is 12.1 Å². The second-order valence-electron chi connectivity index (χ2n) is 8.10. The van der Waals surface area contributed by atoms with Crippen LogP contribution in [0.4, 0.5) is 5.69 Å². The van der Waals surface area contributed by atoms with Crippen LogP contribution in [-0.2, 0) is 13.2 Å². The molecule has 1 N–H and O–H groups in total. The van der Waals surface area contributed by atoms with Gasteiger partial charge in [-0.2, -0.15) is 5.10 Å². The molecule has 0 bridgehead atoms. The molecule has 0 aliphatic carbocycles. The Morgan fingerprint density at radius 1 is 1.06 bits per heavy atom. The third kappa shape index (κ3) is 5.37. The van der Waals surface area contributed by atoms with Gasteiger partial charge in [0, 0.05) is 5.69 Å². The Bertz CT molecular complexity index is 1310. The van der Waals surface area contributed by atoms with E-state index in [9.17, 15) is 4.79 Å². The van der Waals surface area contributed by atoms with E-state index in [0.717, 1.165) is 27.2 Å². The first-order valence-electron chi connectivity index (χ1n) is 10.7. The monoisotopic (exact) mass is 507 g/mol. The maximum absolute atomic E-state index is 12.7. The summed E-state index contributed by atoms with van der Waals surface area (Å²) in [5, 5.41) is 7.45. The minimum Gasteiger partial charge on any atom is -0.486 e. The van der Waals surface area contributed by atoms with Gasteiger partial charge in [0.15, 0.2) is 5.76 Å². The molecule has 0 fully saturated rings. The number of aryl methyl sites for hydroxylation is 3. The van der Waals surface area contributed by atoms with Crippen LogP contribution in [0.2, 0.25) is 0 Å². The van der Waals surface area contributed by atoms with Crippen LogP contribution in [0.1, 0.15) is 44.4 Å². The van der Waals surface area contributed by atoms with Crippen LogP contribution in [-0.4, -0.2) is 15.7 Å². The van der Waals surface area contributed by atoms with Crippen molar-refractivity contribution in [3.05, 3.63) is 98.7 Å². The van der Waals surface area contributed by atoms with E-state index < -0.39 is 0 Å². The third-order valence-electron chi connectivity index (χ3n) is 5.56. The summed E-state index contributed by atoms with van der Waals surface area (Å²) in [6.45, 7) is 8.96. The predicted octanol–water partition coefficient (Wildman–Crippen LogP) is 6.35. The SMILES string of the molecule is Cc1ccc(OCc2ccc(C(=O)Nc3cccc(Cn4nc(C)c(Br)c4C)c3)o2)cc1C. The second-order valence-corrected chi connectivity index (χ2v) is 8.89. The van der Waals surface area contributed by atoms with Crippen molar-refractivity contribution in [2.24, 2.45) is 0 Å². The van der Waals surface area contributed by atoms with Crippen LogP contribution in [0.15, 0.2) is 63.5 Å². The standard InChI is InChI=1S/C26H26BrN3O3/c1-16-8-9-22(12-17(16)2)32-15-23-10-11-24(33-23)26(31)28-21-7-5-6-20(13-21)14-30-19(4)25(27)18(3)29-30/h5-13H,14-15H2,1-4H3,(H,28,31). The summed E-state index contributed by atoms with van der Waals surface area (Å²) < 4.78 is 14.4. The number of aromatic nitrogens is 2. The molecule has 2 aromatic heterocycles. The number of furan rings is 1. The second kappa shape index (κ2) is 9.67. The number of hydrogen-bond donors (Lipinski definition) is 1. The van der Waals surface area contributed by atoms with Gasteiger partial charge in [-0.25, -0.2) is 0 Å². The number of ether oxygens (including phenoxy) is 1. The van der Waals surface area contributed by atoms with Crippen LogP contribution in [0.5, 0.6) is 5.75 Å². The first kappa shape index (κ1) is 22.9. The number of nitrogens with zero attached hydrogens (tertiary/aromatic N) is 2. The lowest BCUT2D eigenvalue weighted by Gasteiger charge is -2.08. The van der Waals surface area contributed by atoms with E-state index in [1.165, 1.54) is 11.1 Å². The molecule has 4 aromatic rings. The highest BCUT2D eigenvalue weighted by Crippen LogP contribution is 2.22. The zero-order valence-electron chi connectivity index (χ0n) is 19.1. The Morgan fingerprint density at radius 3 is 2.61 bits per heavy atom. The van der Waals surface area contributed by atoms with Crippen molar-refractivity contribution in [2.75, 3.05) is 5.32 Å². The molecule has 1 amide bonds. The smallest absolute Gasteiger partial charge is 0.291 e. The summed E-state index contributed by atoms with van der Waals surface area (Å²) in [6, 6.07) is 17.1. The predicted molar refractivity (Wildman–Crippen MR) is 132 cm³/mol. The fourth-order valence-corrected chi connectivity index (χ4v) is 3.76. The van der Waals surface area contributed by atoms with Gasteiger partial charge < -0.3 is 14.5 Å². The quantitative estimate of drug-likeness (QED) is 0.316. The molecular weight excluding hydrogens is 482 g/mol. The van der Waals surface area contributed by atoms with E-state index in [0.29, 0.717) is 18.0 Å². The minimum atomic E-state index is -0.307. The van der Waals surface area contributed by atoms with E-state index in [-0.39, 0.29) is 18.3 Å². The summed E-state index contributed by atoms with van der Waals surface area (Å²) in [6.07, 6.45) is 0. The van der Waals surface area contributed by atoms with Crippen LogP contribution in [0.3, 0.4) is 0 Å². The van der Waals surface area contributed by atoms with Gasteiger partial charge in [0.1, 0.15) is 18.1 Å². The number of benzene rings is 2. The number of amides is 1. The van der Waals surface area contributed by atoms with Gasteiger partial charge in [-0.3, -0.25) is 9.48 Å². The molecule has 0 atom stereocenters. The largest absolute Gasteiger partial charge is 0.486 e. The number of halogens is 1. The molecule has 170 valence electrons. The molecule has 0 spiro atoms. The lowest BCUT2D eigenvalue weighted by Crippen LogP contribution is -2.11. The highest BCUT2D eigenvalue weighted by atomic mass is 79.9. The molecule has 0 aliphatic heterocycles. The van der Waals surface area contributed by atoms with Gasteiger partial charge in [-0.1, -0.05) is 18.2 Å². The topological polar surface area (TPSA) is 69.3 Å². The van der Waals surface area contributed by atoms with E-state index >= 15 is 0 Å². The van der Waals surface area contributed by atoms with Crippen molar-refractivity contribution in [3.8, 4) is 5.75 Å². The average molecular weight is 508 g/mol. The van der Waals surface area contributed by atoms with Gasteiger partial charge in [0.2, 0.25) is 0 Å². The molecule has 0 radical (unpaired) electrons. The zero-order chi connectivity index (χ0) is 23.5. The van der Waals surface area contributed by atoms with Gasteiger partial charge >= 0.3 is 0 Å². The summed E-state index contributed by atoms with van der Waals surface area (Å²) in [7, 11) is 0. The van der Waals surface area contributed by atoms with Crippen LogP contribution >= 0.6 is 15.9 Å². The summed E-state index contributed by atoms with van der Waals surface area (Å²) in [5.41, 5.74) is 6.13. The minimum absolute atomic E-state index is 0.238. The van der Waals surface area contributed by atoms with Crippen molar-refractivity contribution in [1.82, 2.24) is 9.78 Å². The van der Waals surface area contributed by atoms with E-state index in [1.807, 2.05) is 67.9 Å². The normalized spacial score (nSPS) is 10.9. The van der Waals surface area contributed by atoms with Gasteiger partial charge in [0.05, 0.1) is 22.4 Å². The highest BCUT2D eigenvalue weighted by molar-refractivity contribution is 9.10. The number of nitrogens with one attached hydrogen (secondary N) is 1. The zero-order valence-corrected chi connectivity index (χ0v) is 20.7. The molecule has 0 saturated heterocycles. The van der Waals surface area contributed by atoms with E-state index in [2.05, 4.69) is 33.3 Å². The maximum atomic E-state index is 12.7. The van der Waals surface area contributed by atoms with Crippen molar-refractivity contribution >= 4 is 27.5 Å². The van der Waals surface area contributed by atoms with Crippen molar-refractivity contribution in [2.45, 2.75) is 40.8 Å². The number of carbonyl (C=O) groups is 1.